The molecule has 0 aromatic heterocycles. The number of carbonyl (C=O) groups is 2. The highest BCUT2D eigenvalue weighted by molar-refractivity contribution is 9.10. The fraction of sp³-hybridized carbons (Fsp3) is 0.467. The van der Waals surface area contributed by atoms with E-state index in [-0.39, 0.29) is 27.7 Å². The van der Waals surface area contributed by atoms with Gasteiger partial charge < -0.3 is 10.1 Å². The number of hydrogen-bond acceptors (Lipinski definition) is 5. The molecule has 0 bridgehead atoms. The molecule has 8 heteroatoms. The molecule has 124 valence electrons. The van der Waals surface area contributed by atoms with Crippen LogP contribution in [-0.4, -0.2) is 28.9 Å². The minimum Gasteiger partial charge on any atom is -0.449 e. The van der Waals surface area contributed by atoms with Gasteiger partial charge in [-0.3, -0.25) is 14.9 Å². The van der Waals surface area contributed by atoms with Gasteiger partial charge in [-0.2, -0.15) is 0 Å². The van der Waals surface area contributed by atoms with Gasteiger partial charge in [-0.05, 0) is 47.8 Å². The first-order chi connectivity index (χ1) is 10.9. The van der Waals surface area contributed by atoms with E-state index in [2.05, 4.69) is 21.2 Å². The number of nitro groups is 1. The number of nitro benzene ring substituents is 1. The minimum atomic E-state index is -0.953. The number of benzene rings is 1. The van der Waals surface area contributed by atoms with Gasteiger partial charge in [0.15, 0.2) is 6.10 Å². The lowest BCUT2D eigenvalue weighted by atomic mass is 10.2. The largest absolute Gasteiger partial charge is 0.449 e. The van der Waals surface area contributed by atoms with Crippen molar-refractivity contribution in [1.82, 2.24) is 5.32 Å². The third-order valence-electron chi connectivity index (χ3n) is 3.73. The summed E-state index contributed by atoms with van der Waals surface area (Å²) < 4.78 is 5.36. The Labute approximate surface area is 141 Å². The molecule has 2 rings (SSSR count). The highest BCUT2D eigenvalue weighted by atomic mass is 79.9. The van der Waals surface area contributed by atoms with Gasteiger partial charge in [0.25, 0.3) is 11.6 Å². The number of rotatable bonds is 5. The summed E-state index contributed by atoms with van der Waals surface area (Å²) in [5, 5.41) is 13.7. The van der Waals surface area contributed by atoms with Crippen LogP contribution in [-0.2, 0) is 9.53 Å². The van der Waals surface area contributed by atoms with Crippen LogP contribution in [0.15, 0.2) is 22.7 Å². The minimum absolute atomic E-state index is 0.0282. The number of hydrogen-bond donors (Lipinski definition) is 1. The second-order valence-electron chi connectivity index (χ2n) is 5.46. The molecule has 7 nitrogen and oxygen atoms in total. The van der Waals surface area contributed by atoms with Gasteiger partial charge in [0.05, 0.1) is 15.0 Å². The van der Waals surface area contributed by atoms with Gasteiger partial charge in [0, 0.05) is 12.1 Å². The molecule has 0 aliphatic heterocycles. The Hall–Kier alpha value is -1.96. The lowest BCUT2D eigenvalue weighted by molar-refractivity contribution is -0.385. The van der Waals surface area contributed by atoms with E-state index in [1.165, 1.54) is 19.1 Å². The summed E-state index contributed by atoms with van der Waals surface area (Å²) in [7, 11) is 0. The molecule has 1 aromatic carbocycles. The molecule has 1 amide bonds. The number of carbonyl (C=O) groups excluding carboxylic acids is 2. The quantitative estimate of drug-likeness (QED) is 0.477. The summed E-state index contributed by atoms with van der Waals surface area (Å²) in [6, 6.07) is 4.06. The van der Waals surface area contributed by atoms with Crippen LogP contribution in [0.5, 0.6) is 0 Å². The third kappa shape index (κ3) is 4.51. The first-order valence-corrected chi connectivity index (χ1v) is 8.13. The molecule has 1 fully saturated rings. The van der Waals surface area contributed by atoms with Gasteiger partial charge in [0.2, 0.25) is 0 Å². The summed E-state index contributed by atoms with van der Waals surface area (Å²) in [5.74, 6) is -1.12. The van der Waals surface area contributed by atoms with E-state index in [1.807, 2.05) is 0 Å². The first-order valence-electron chi connectivity index (χ1n) is 7.34. The Balaban J connectivity index is 1.99. The topological polar surface area (TPSA) is 98.5 Å². The zero-order chi connectivity index (χ0) is 17.0. The molecule has 0 saturated heterocycles. The molecule has 23 heavy (non-hydrogen) atoms. The maximum atomic E-state index is 12.0. The average Bonchev–Trinajstić information content (AvgIpc) is 3.00. The maximum Gasteiger partial charge on any atom is 0.339 e. The highest BCUT2D eigenvalue weighted by Crippen LogP contribution is 2.26. The molecule has 0 unspecified atom stereocenters. The van der Waals surface area contributed by atoms with Crippen LogP contribution < -0.4 is 5.32 Å². The van der Waals surface area contributed by atoms with E-state index in [0.717, 1.165) is 31.7 Å². The zero-order valence-corrected chi connectivity index (χ0v) is 14.2. The predicted molar refractivity (Wildman–Crippen MR) is 86.1 cm³/mol. The summed E-state index contributed by atoms with van der Waals surface area (Å²) in [5.41, 5.74) is -0.206. The summed E-state index contributed by atoms with van der Waals surface area (Å²) >= 11 is 3.05. The van der Waals surface area contributed by atoms with E-state index >= 15 is 0 Å². The van der Waals surface area contributed by atoms with Crippen LogP contribution in [0.25, 0.3) is 0 Å². The van der Waals surface area contributed by atoms with Gasteiger partial charge in [-0.25, -0.2) is 4.79 Å². The first kappa shape index (κ1) is 17.4. The molecule has 1 N–H and O–H groups in total. The van der Waals surface area contributed by atoms with Crippen LogP contribution in [0.3, 0.4) is 0 Å². The van der Waals surface area contributed by atoms with Crippen LogP contribution in [0, 0.1) is 10.1 Å². The van der Waals surface area contributed by atoms with Crippen molar-refractivity contribution in [3.8, 4) is 0 Å². The van der Waals surface area contributed by atoms with Gasteiger partial charge in [-0.15, -0.1) is 0 Å². The Kier molecular flexibility index (Phi) is 5.70. The number of halogens is 1. The van der Waals surface area contributed by atoms with E-state index in [9.17, 15) is 19.7 Å². The van der Waals surface area contributed by atoms with Crippen LogP contribution in [0.2, 0.25) is 0 Å². The molecule has 0 spiro atoms. The number of nitrogens with zero attached hydrogens (tertiary/aromatic N) is 1. The monoisotopic (exact) mass is 384 g/mol. The summed E-state index contributed by atoms with van der Waals surface area (Å²) in [6.45, 7) is 1.48. The van der Waals surface area contributed by atoms with Crippen molar-refractivity contribution in [2.24, 2.45) is 0 Å². The van der Waals surface area contributed by atoms with Crippen LogP contribution >= 0.6 is 15.9 Å². The molecule has 1 saturated carbocycles. The van der Waals surface area contributed by atoms with Gasteiger partial charge in [-0.1, -0.05) is 12.8 Å². The highest BCUT2D eigenvalue weighted by Gasteiger charge is 2.24. The maximum absolute atomic E-state index is 12.0. The lowest BCUT2D eigenvalue weighted by Crippen LogP contribution is -2.40. The number of amides is 1. The molecule has 1 aliphatic rings. The molecular formula is C15H17BrN2O5. The molecular weight excluding hydrogens is 368 g/mol. The molecule has 0 radical (unpaired) electrons. The normalized spacial score (nSPS) is 15.9. The SMILES string of the molecule is C[C@H](OC(=O)c1ccc(Br)c([N+](=O)[O-])c1)C(=O)NC1CCCC1. The lowest BCUT2D eigenvalue weighted by Gasteiger charge is -2.17. The standard InChI is InChI=1S/C15H17BrN2O5/c1-9(14(19)17-11-4-2-3-5-11)23-15(20)10-6-7-12(16)13(8-10)18(21)22/h6-9,11H,2-5H2,1H3,(H,17,19)/t9-/m0/s1. The average molecular weight is 385 g/mol. The number of esters is 1. The summed E-state index contributed by atoms with van der Waals surface area (Å²) in [4.78, 5) is 34.3. The number of ether oxygens (including phenoxy) is 1. The number of nitrogens with one attached hydrogen (secondary N) is 1. The third-order valence-corrected chi connectivity index (χ3v) is 4.40. The summed E-state index contributed by atoms with van der Waals surface area (Å²) in [6.07, 6.45) is 3.09. The van der Waals surface area contributed by atoms with E-state index < -0.39 is 17.0 Å². The Morgan fingerprint density at radius 1 is 1.39 bits per heavy atom. The van der Waals surface area contributed by atoms with Crippen molar-refractivity contribution in [2.45, 2.75) is 44.8 Å². The van der Waals surface area contributed by atoms with Crippen molar-refractivity contribution in [3.05, 3.63) is 38.3 Å². The smallest absolute Gasteiger partial charge is 0.339 e. The van der Waals surface area contributed by atoms with Crippen molar-refractivity contribution < 1.29 is 19.2 Å². The zero-order valence-electron chi connectivity index (χ0n) is 12.6. The van der Waals surface area contributed by atoms with E-state index in [0.29, 0.717) is 0 Å². The molecule has 1 aliphatic carbocycles. The van der Waals surface area contributed by atoms with Crippen molar-refractivity contribution in [2.75, 3.05) is 0 Å². The van der Waals surface area contributed by atoms with Gasteiger partial charge in [0.1, 0.15) is 0 Å². The van der Waals surface area contributed by atoms with Crippen LogP contribution in [0.1, 0.15) is 43.0 Å². The Bertz CT molecular complexity index is 628. The Morgan fingerprint density at radius 2 is 2.04 bits per heavy atom. The van der Waals surface area contributed by atoms with Crippen LogP contribution in [0.4, 0.5) is 5.69 Å². The Morgan fingerprint density at radius 3 is 2.65 bits per heavy atom. The molecule has 0 heterocycles. The fourth-order valence-electron chi connectivity index (χ4n) is 2.45. The van der Waals surface area contributed by atoms with Gasteiger partial charge >= 0.3 is 5.97 Å². The second-order valence-corrected chi connectivity index (χ2v) is 6.32. The second kappa shape index (κ2) is 7.54. The molecule has 1 aromatic rings. The van der Waals surface area contributed by atoms with E-state index in [4.69, 9.17) is 4.74 Å². The fourth-order valence-corrected chi connectivity index (χ4v) is 2.84. The van der Waals surface area contributed by atoms with E-state index in [1.54, 1.807) is 0 Å². The van der Waals surface area contributed by atoms with Crippen molar-refractivity contribution >= 4 is 33.5 Å². The predicted octanol–water partition coefficient (Wildman–Crippen LogP) is 2.96. The molecule has 1 atom stereocenters. The van der Waals surface area contributed by atoms with Crippen molar-refractivity contribution in [1.29, 1.82) is 0 Å². The van der Waals surface area contributed by atoms with Crippen molar-refractivity contribution in [3.63, 3.8) is 0 Å².